The van der Waals surface area contributed by atoms with Gasteiger partial charge in [-0.1, -0.05) is 0 Å². The molecule has 0 aliphatic carbocycles. The largest absolute Gasteiger partial charge is 0.383 e. The van der Waals surface area contributed by atoms with E-state index in [0.29, 0.717) is 11.9 Å². The first-order valence-corrected chi connectivity index (χ1v) is 6.24. The van der Waals surface area contributed by atoms with Crippen LogP contribution in [-0.4, -0.2) is 50.2 Å². The monoisotopic (exact) mass is 228 g/mol. The minimum absolute atomic E-state index is 0.330. The molecule has 1 atom stereocenters. The SMILES string of the molecule is COCC(C)NCCCN1CCCCC1=O. The minimum Gasteiger partial charge on any atom is -0.383 e. The first-order chi connectivity index (χ1) is 7.74. The fourth-order valence-electron chi connectivity index (χ4n) is 2.03. The highest BCUT2D eigenvalue weighted by Crippen LogP contribution is 2.10. The summed E-state index contributed by atoms with van der Waals surface area (Å²) in [6, 6.07) is 0.391. The Morgan fingerprint density at radius 2 is 2.31 bits per heavy atom. The van der Waals surface area contributed by atoms with Crippen LogP contribution < -0.4 is 5.32 Å². The smallest absolute Gasteiger partial charge is 0.222 e. The van der Waals surface area contributed by atoms with Gasteiger partial charge in [-0.2, -0.15) is 0 Å². The molecule has 0 radical (unpaired) electrons. The molecule has 0 saturated carbocycles. The Kier molecular flexibility index (Phi) is 6.42. The highest BCUT2D eigenvalue weighted by molar-refractivity contribution is 5.76. The Morgan fingerprint density at radius 3 is 3.00 bits per heavy atom. The van der Waals surface area contributed by atoms with Crippen molar-refractivity contribution in [1.29, 1.82) is 0 Å². The van der Waals surface area contributed by atoms with Crippen molar-refractivity contribution in [3.63, 3.8) is 0 Å². The number of piperidine rings is 1. The first-order valence-electron chi connectivity index (χ1n) is 6.24. The molecule has 16 heavy (non-hydrogen) atoms. The van der Waals surface area contributed by atoms with Crippen LogP contribution in [-0.2, 0) is 9.53 Å². The zero-order chi connectivity index (χ0) is 11.8. The van der Waals surface area contributed by atoms with E-state index in [4.69, 9.17) is 4.74 Å². The number of methoxy groups -OCH3 is 1. The van der Waals surface area contributed by atoms with E-state index in [1.807, 2.05) is 4.90 Å². The molecule has 1 rings (SSSR count). The van der Waals surface area contributed by atoms with E-state index < -0.39 is 0 Å². The van der Waals surface area contributed by atoms with Gasteiger partial charge in [0.1, 0.15) is 0 Å². The van der Waals surface area contributed by atoms with Crippen LogP contribution in [0.4, 0.5) is 0 Å². The summed E-state index contributed by atoms with van der Waals surface area (Å²) >= 11 is 0. The lowest BCUT2D eigenvalue weighted by molar-refractivity contribution is -0.133. The number of hydrogen-bond acceptors (Lipinski definition) is 3. The van der Waals surface area contributed by atoms with Gasteiger partial charge in [-0.05, 0) is 32.7 Å². The van der Waals surface area contributed by atoms with E-state index in [-0.39, 0.29) is 0 Å². The van der Waals surface area contributed by atoms with Crippen molar-refractivity contribution in [3.05, 3.63) is 0 Å². The number of ether oxygens (including phenoxy) is 1. The zero-order valence-corrected chi connectivity index (χ0v) is 10.5. The highest BCUT2D eigenvalue weighted by Gasteiger charge is 2.16. The molecule has 1 aliphatic heterocycles. The second kappa shape index (κ2) is 7.63. The molecule has 1 amide bonds. The first kappa shape index (κ1) is 13.5. The van der Waals surface area contributed by atoms with Gasteiger partial charge in [0, 0.05) is 32.7 Å². The Morgan fingerprint density at radius 1 is 1.50 bits per heavy atom. The number of nitrogens with one attached hydrogen (secondary N) is 1. The molecule has 1 fully saturated rings. The summed E-state index contributed by atoms with van der Waals surface area (Å²) in [6.45, 7) is 5.64. The summed E-state index contributed by atoms with van der Waals surface area (Å²) in [7, 11) is 1.71. The van der Waals surface area contributed by atoms with E-state index in [2.05, 4.69) is 12.2 Å². The number of carbonyl (C=O) groups is 1. The van der Waals surface area contributed by atoms with E-state index in [1.54, 1.807) is 7.11 Å². The van der Waals surface area contributed by atoms with Gasteiger partial charge in [0.15, 0.2) is 0 Å². The van der Waals surface area contributed by atoms with Crippen molar-refractivity contribution in [1.82, 2.24) is 10.2 Å². The van der Waals surface area contributed by atoms with Crippen molar-refractivity contribution in [2.45, 2.75) is 38.6 Å². The summed E-state index contributed by atoms with van der Waals surface area (Å²) in [6.07, 6.45) is 4.00. The van der Waals surface area contributed by atoms with Crippen molar-refractivity contribution in [2.75, 3.05) is 33.4 Å². The number of carbonyl (C=O) groups excluding carboxylic acids is 1. The third kappa shape index (κ3) is 4.94. The Bertz CT molecular complexity index is 209. The topological polar surface area (TPSA) is 41.6 Å². The summed E-state index contributed by atoms with van der Waals surface area (Å²) in [4.78, 5) is 13.5. The molecule has 0 aromatic heterocycles. The predicted molar refractivity (Wildman–Crippen MR) is 64.4 cm³/mol. The van der Waals surface area contributed by atoms with Crippen LogP contribution in [0.3, 0.4) is 0 Å². The lowest BCUT2D eigenvalue weighted by Gasteiger charge is -2.26. The van der Waals surface area contributed by atoms with E-state index >= 15 is 0 Å². The molecule has 0 aromatic carbocycles. The number of rotatable bonds is 7. The van der Waals surface area contributed by atoms with Crippen LogP contribution in [0.1, 0.15) is 32.6 Å². The second-order valence-electron chi connectivity index (χ2n) is 4.50. The molecule has 4 nitrogen and oxygen atoms in total. The third-order valence-corrected chi connectivity index (χ3v) is 2.94. The minimum atomic E-state index is 0.330. The van der Waals surface area contributed by atoms with Crippen molar-refractivity contribution in [3.8, 4) is 0 Å². The molecular weight excluding hydrogens is 204 g/mol. The fraction of sp³-hybridized carbons (Fsp3) is 0.917. The predicted octanol–water partition coefficient (Wildman–Crippen LogP) is 1.01. The maximum atomic E-state index is 11.5. The molecule has 4 heteroatoms. The normalized spacial score (nSPS) is 18.9. The Hall–Kier alpha value is -0.610. The van der Waals surface area contributed by atoms with Crippen LogP contribution in [0.25, 0.3) is 0 Å². The second-order valence-corrected chi connectivity index (χ2v) is 4.50. The number of nitrogens with zero attached hydrogens (tertiary/aromatic N) is 1. The van der Waals surface area contributed by atoms with Gasteiger partial charge in [0.25, 0.3) is 0 Å². The summed E-state index contributed by atoms with van der Waals surface area (Å²) in [5, 5.41) is 3.37. The quantitative estimate of drug-likeness (QED) is 0.661. The number of amides is 1. The van der Waals surface area contributed by atoms with Crippen LogP contribution in [0.5, 0.6) is 0 Å². The zero-order valence-electron chi connectivity index (χ0n) is 10.5. The molecule has 0 spiro atoms. The lowest BCUT2D eigenvalue weighted by Crippen LogP contribution is -2.38. The molecule has 0 bridgehead atoms. The van der Waals surface area contributed by atoms with Gasteiger partial charge in [-0.3, -0.25) is 4.79 Å². The third-order valence-electron chi connectivity index (χ3n) is 2.94. The average Bonchev–Trinajstić information content (AvgIpc) is 2.27. The van der Waals surface area contributed by atoms with Gasteiger partial charge in [-0.15, -0.1) is 0 Å². The number of likely N-dealkylation sites (tertiary alicyclic amines) is 1. The highest BCUT2D eigenvalue weighted by atomic mass is 16.5. The van der Waals surface area contributed by atoms with Crippen LogP contribution in [0, 0.1) is 0 Å². The molecule has 0 aromatic rings. The van der Waals surface area contributed by atoms with Gasteiger partial charge < -0.3 is 15.0 Å². The molecular formula is C12H24N2O2. The van der Waals surface area contributed by atoms with Crippen molar-refractivity contribution >= 4 is 5.91 Å². The van der Waals surface area contributed by atoms with Crippen LogP contribution >= 0.6 is 0 Å². The summed E-state index contributed by atoms with van der Waals surface area (Å²) in [5.41, 5.74) is 0. The molecule has 1 heterocycles. The van der Waals surface area contributed by atoms with Gasteiger partial charge in [0.2, 0.25) is 5.91 Å². The summed E-state index contributed by atoms with van der Waals surface area (Å²) in [5.74, 6) is 0.330. The van der Waals surface area contributed by atoms with Crippen LogP contribution in [0.15, 0.2) is 0 Å². The van der Waals surface area contributed by atoms with Gasteiger partial charge in [-0.25, -0.2) is 0 Å². The maximum Gasteiger partial charge on any atom is 0.222 e. The molecule has 1 saturated heterocycles. The van der Waals surface area contributed by atoms with Crippen LogP contribution in [0.2, 0.25) is 0 Å². The molecule has 1 unspecified atom stereocenters. The Labute approximate surface area is 98.3 Å². The van der Waals surface area contributed by atoms with Crippen molar-refractivity contribution < 1.29 is 9.53 Å². The Balaban J connectivity index is 2.03. The number of hydrogen-bond donors (Lipinski definition) is 1. The van der Waals surface area contributed by atoms with E-state index in [9.17, 15) is 4.79 Å². The van der Waals surface area contributed by atoms with Gasteiger partial charge >= 0.3 is 0 Å². The summed E-state index contributed by atoms with van der Waals surface area (Å²) < 4.78 is 5.04. The molecule has 94 valence electrons. The average molecular weight is 228 g/mol. The fourth-order valence-corrected chi connectivity index (χ4v) is 2.03. The maximum absolute atomic E-state index is 11.5. The lowest BCUT2D eigenvalue weighted by atomic mass is 10.1. The standard InChI is InChI=1S/C12H24N2O2/c1-11(10-16-2)13-7-5-9-14-8-4-3-6-12(14)15/h11,13H,3-10H2,1-2H3. The van der Waals surface area contributed by atoms with Crippen molar-refractivity contribution in [2.24, 2.45) is 0 Å². The van der Waals surface area contributed by atoms with Gasteiger partial charge in [0.05, 0.1) is 6.61 Å². The van der Waals surface area contributed by atoms with E-state index in [1.165, 1.54) is 6.42 Å². The molecule has 1 N–H and O–H groups in total. The molecule has 1 aliphatic rings. The van der Waals surface area contributed by atoms with E-state index in [0.717, 1.165) is 45.5 Å².